The van der Waals surface area contributed by atoms with Gasteiger partial charge in [-0.25, -0.2) is 9.78 Å². The van der Waals surface area contributed by atoms with Crippen LogP contribution in [-0.2, 0) is 19.3 Å². The average molecular weight is 146 g/mol. The maximum atomic E-state index is 10.3. The molecule has 0 N–H and O–H groups in total. The van der Waals surface area contributed by atoms with Crippen molar-refractivity contribution in [2.45, 2.75) is 19.4 Å². The summed E-state index contributed by atoms with van der Waals surface area (Å²) < 4.78 is 4.68. The van der Waals surface area contributed by atoms with Gasteiger partial charge in [0.05, 0.1) is 6.61 Å². The first-order valence-corrected chi connectivity index (χ1v) is 3.20. The number of ether oxygens (including phenoxy) is 1. The van der Waals surface area contributed by atoms with Crippen LogP contribution in [0, 0.1) is 0 Å². The fraction of sp³-hybridized carbons (Fsp3) is 0.833. The number of carbonyl (C=O) groups is 1. The minimum atomic E-state index is -0.282. The van der Waals surface area contributed by atoms with Crippen LogP contribution in [0.2, 0.25) is 0 Å². The highest BCUT2D eigenvalue weighted by atomic mass is 17.2. The Labute approximate surface area is 59.0 Å². The molecular formula is C6H10O4. The number of hydrogen-bond acceptors (Lipinski definition) is 4. The highest BCUT2D eigenvalue weighted by Crippen LogP contribution is 2.08. The van der Waals surface area contributed by atoms with E-state index in [0.29, 0.717) is 13.2 Å². The van der Waals surface area contributed by atoms with E-state index in [-0.39, 0.29) is 12.1 Å². The van der Waals surface area contributed by atoms with Gasteiger partial charge in [0.15, 0.2) is 0 Å². The third-order valence-corrected chi connectivity index (χ3v) is 1.20. The molecule has 1 rings (SSSR count). The standard InChI is InChI=1S/C6H10O4/c1-5(7)8-4-6-2-3-9-10-6/h6H,2-4H2,1H3. The number of hydrogen-bond donors (Lipinski definition) is 0. The summed E-state index contributed by atoms with van der Waals surface area (Å²) in [7, 11) is 0. The van der Waals surface area contributed by atoms with E-state index < -0.39 is 0 Å². The van der Waals surface area contributed by atoms with Gasteiger partial charge in [0, 0.05) is 13.3 Å². The smallest absolute Gasteiger partial charge is 0.302 e. The lowest BCUT2D eigenvalue weighted by Gasteiger charge is -2.05. The zero-order valence-corrected chi connectivity index (χ0v) is 5.83. The summed E-state index contributed by atoms with van der Waals surface area (Å²) in [6, 6.07) is 0. The molecule has 0 amide bonds. The molecule has 1 saturated heterocycles. The molecule has 1 aliphatic rings. The first-order chi connectivity index (χ1) is 4.79. The Morgan fingerprint density at radius 3 is 3.10 bits per heavy atom. The third kappa shape index (κ3) is 2.33. The van der Waals surface area contributed by atoms with Crippen molar-refractivity contribution in [2.24, 2.45) is 0 Å². The topological polar surface area (TPSA) is 44.8 Å². The van der Waals surface area contributed by atoms with E-state index in [9.17, 15) is 4.79 Å². The quantitative estimate of drug-likeness (QED) is 0.414. The van der Waals surface area contributed by atoms with Gasteiger partial charge in [-0.15, -0.1) is 0 Å². The van der Waals surface area contributed by atoms with Gasteiger partial charge in [-0.3, -0.25) is 4.79 Å². The summed E-state index contributed by atoms with van der Waals surface area (Å²) >= 11 is 0. The van der Waals surface area contributed by atoms with Crippen LogP contribution in [0.3, 0.4) is 0 Å². The van der Waals surface area contributed by atoms with Gasteiger partial charge in [0.1, 0.15) is 12.7 Å². The van der Waals surface area contributed by atoms with Crippen LogP contribution < -0.4 is 0 Å². The van der Waals surface area contributed by atoms with Gasteiger partial charge in [0.25, 0.3) is 0 Å². The SMILES string of the molecule is CC(=O)OCC1CCOO1. The molecule has 58 valence electrons. The van der Waals surface area contributed by atoms with Gasteiger partial charge in [-0.05, 0) is 0 Å². The van der Waals surface area contributed by atoms with Crippen molar-refractivity contribution in [3.05, 3.63) is 0 Å². The van der Waals surface area contributed by atoms with Crippen LogP contribution in [0.5, 0.6) is 0 Å². The van der Waals surface area contributed by atoms with E-state index in [1.54, 1.807) is 0 Å². The Balaban J connectivity index is 2.07. The minimum absolute atomic E-state index is 0.0658. The number of esters is 1. The van der Waals surface area contributed by atoms with Crippen LogP contribution in [0.25, 0.3) is 0 Å². The van der Waals surface area contributed by atoms with E-state index in [1.807, 2.05) is 0 Å². The van der Waals surface area contributed by atoms with Crippen molar-refractivity contribution in [1.29, 1.82) is 0 Å². The van der Waals surface area contributed by atoms with E-state index in [4.69, 9.17) is 4.89 Å². The largest absolute Gasteiger partial charge is 0.463 e. The van der Waals surface area contributed by atoms with E-state index in [0.717, 1.165) is 6.42 Å². The lowest BCUT2D eigenvalue weighted by molar-refractivity contribution is -0.279. The average Bonchev–Trinajstić information content (AvgIpc) is 2.34. The fourth-order valence-corrected chi connectivity index (χ4v) is 0.693. The maximum absolute atomic E-state index is 10.3. The molecule has 0 aliphatic carbocycles. The van der Waals surface area contributed by atoms with Gasteiger partial charge in [-0.2, -0.15) is 0 Å². The molecular weight excluding hydrogens is 136 g/mol. The third-order valence-electron chi connectivity index (χ3n) is 1.20. The monoisotopic (exact) mass is 146 g/mol. The molecule has 10 heavy (non-hydrogen) atoms. The molecule has 0 radical (unpaired) electrons. The van der Waals surface area contributed by atoms with Crippen LogP contribution >= 0.6 is 0 Å². The van der Waals surface area contributed by atoms with Gasteiger partial charge in [0.2, 0.25) is 0 Å². The predicted molar refractivity (Wildman–Crippen MR) is 32.1 cm³/mol. The first-order valence-electron chi connectivity index (χ1n) is 3.20. The second-order valence-corrected chi connectivity index (χ2v) is 2.13. The van der Waals surface area contributed by atoms with Crippen molar-refractivity contribution in [3.63, 3.8) is 0 Å². The molecule has 0 bridgehead atoms. The summed E-state index contributed by atoms with van der Waals surface area (Å²) in [6.07, 6.45) is 0.733. The maximum Gasteiger partial charge on any atom is 0.302 e. The van der Waals surface area contributed by atoms with E-state index in [2.05, 4.69) is 9.62 Å². The molecule has 1 heterocycles. The molecule has 0 aromatic heterocycles. The Hall–Kier alpha value is -0.610. The second kappa shape index (κ2) is 3.53. The Morgan fingerprint density at radius 2 is 2.60 bits per heavy atom. The lowest BCUT2D eigenvalue weighted by atomic mass is 10.3. The molecule has 1 atom stereocenters. The van der Waals surface area contributed by atoms with Crippen molar-refractivity contribution >= 4 is 5.97 Å². The molecule has 0 saturated carbocycles. The second-order valence-electron chi connectivity index (χ2n) is 2.13. The molecule has 1 fully saturated rings. The van der Waals surface area contributed by atoms with Gasteiger partial charge >= 0.3 is 5.97 Å². The summed E-state index contributed by atoms with van der Waals surface area (Å²) in [5, 5.41) is 0. The fourth-order valence-electron chi connectivity index (χ4n) is 0.693. The van der Waals surface area contributed by atoms with E-state index >= 15 is 0 Å². The van der Waals surface area contributed by atoms with Gasteiger partial charge < -0.3 is 4.74 Å². The highest BCUT2D eigenvalue weighted by Gasteiger charge is 2.17. The zero-order chi connectivity index (χ0) is 7.40. The van der Waals surface area contributed by atoms with Crippen LogP contribution in [0.15, 0.2) is 0 Å². The number of carbonyl (C=O) groups excluding carboxylic acids is 1. The molecule has 1 aliphatic heterocycles. The molecule has 1 unspecified atom stereocenters. The predicted octanol–water partition coefficient (Wildman–Crippen LogP) is 0.270. The van der Waals surface area contributed by atoms with Crippen molar-refractivity contribution in [1.82, 2.24) is 0 Å². The Morgan fingerprint density at radius 1 is 1.80 bits per heavy atom. The summed E-state index contributed by atoms with van der Waals surface area (Å²) in [5.41, 5.74) is 0. The Kier molecular flexibility index (Phi) is 2.65. The summed E-state index contributed by atoms with van der Waals surface area (Å²) in [4.78, 5) is 19.6. The molecule has 4 nitrogen and oxygen atoms in total. The molecule has 0 spiro atoms. The normalized spacial score (nSPS) is 24.7. The highest BCUT2D eigenvalue weighted by molar-refractivity contribution is 5.65. The van der Waals surface area contributed by atoms with Crippen molar-refractivity contribution in [3.8, 4) is 0 Å². The van der Waals surface area contributed by atoms with Gasteiger partial charge in [-0.1, -0.05) is 0 Å². The zero-order valence-electron chi connectivity index (χ0n) is 5.83. The van der Waals surface area contributed by atoms with Crippen LogP contribution in [0.1, 0.15) is 13.3 Å². The van der Waals surface area contributed by atoms with Crippen LogP contribution in [-0.4, -0.2) is 25.3 Å². The first kappa shape index (κ1) is 7.50. The summed E-state index contributed by atoms with van der Waals surface area (Å²) in [6.45, 7) is 2.26. The molecule has 0 aromatic carbocycles. The number of rotatable bonds is 2. The van der Waals surface area contributed by atoms with E-state index in [1.165, 1.54) is 6.92 Å². The molecule has 4 heteroatoms. The van der Waals surface area contributed by atoms with Crippen LogP contribution in [0.4, 0.5) is 0 Å². The molecule has 0 aromatic rings. The lowest BCUT2D eigenvalue weighted by Crippen LogP contribution is -2.15. The Bertz CT molecular complexity index is 117. The van der Waals surface area contributed by atoms with Crippen molar-refractivity contribution < 1.29 is 19.3 Å². The summed E-state index contributed by atoms with van der Waals surface area (Å²) in [5.74, 6) is -0.282. The minimum Gasteiger partial charge on any atom is -0.463 e. The van der Waals surface area contributed by atoms with Crippen molar-refractivity contribution in [2.75, 3.05) is 13.2 Å².